The first-order valence-electron chi connectivity index (χ1n) is 11.8. The van der Waals surface area contributed by atoms with Crippen molar-refractivity contribution in [1.82, 2.24) is 0 Å². The van der Waals surface area contributed by atoms with Crippen LogP contribution in [-0.4, -0.2) is 14.7 Å². The first-order valence-corrected chi connectivity index (χ1v) is 13.8. The Morgan fingerprint density at radius 2 is 0.794 bits per heavy atom. The molecule has 192 valence electrons. The maximum atomic E-state index is 10.9. The monoisotopic (exact) mass is 492 g/mol. The molecule has 0 aromatic heterocycles. The summed E-state index contributed by atoms with van der Waals surface area (Å²) in [4.78, 5) is 32.8. The summed E-state index contributed by atoms with van der Waals surface area (Å²) in [5.74, 6) is 0.351. The molecular formula is C28H45O5P. The molecule has 2 aromatic rings. The zero-order chi connectivity index (χ0) is 26.6. The van der Waals surface area contributed by atoms with E-state index in [9.17, 15) is 14.7 Å². The molecule has 0 atom stereocenters. The molecule has 5 nitrogen and oxygen atoms in total. The average Bonchev–Trinajstić information content (AvgIpc) is 2.57. The van der Waals surface area contributed by atoms with Crippen molar-refractivity contribution in [3.8, 4) is 11.5 Å². The van der Waals surface area contributed by atoms with Crippen molar-refractivity contribution in [2.24, 2.45) is 0 Å². The molecule has 2 aromatic carbocycles. The van der Waals surface area contributed by atoms with Gasteiger partial charge in [-0.1, -0.05) is 0 Å². The second-order valence-corrected chi connectivity index (χ2v) is 15.5. The molecule has 0 spiro atoms. The Balaban J connectivity index is 2.57. The van der Waals surface area contributed by atoms with Gasteiger partial charge in [-0.15, -0.1) is 0 Å². The molecule has 0 radical (unpaired) electrons. The Kier molecular flexibility index (Phi) is 7.13. The van der Waals surface area contributed by atoms with E-state index >= 15 is 0 Å². The summed E-state index contributed by atoms with van der Waals surface area (Å²) in [7, 11) is -6.02. The van der Waals surface area contributed by atoms with Crippen molar-refractivity contribution in [3.05, 3.63) is 58.7 Å². The summed E-state index contributed by atoms with van der Waals surface area (Å²) in [5, 5.41) is 0. The fourth-order valence-electron chi connectivity index (χ4n) is 3.69. The van der Waals surface area contributed by atoms with Crippen LogP contribution in [0.15, 0.2) is 36.4 Å². The van der Waals surface area contributed by atoms with Crippen LogP contribution in [0.4, 0.5) is 0 Å². The van der Waals surface area contributed by atoms with Gasteiger partial charge in [0.25, 0.3) is 0 Å². The number of benzene rings is 2. The van der Waals surface area contributed by atoms with Crippen LogP contribution in [0.1, 0.15) is 105 Å². The zero-order valence-corrected chi connectivity index (χ0v) is 24.0. The van der Waals surface area contributed by atoms with Crippen molar-refractivity contribution < 1.29 is 23.7 Å². The number of hydrogen-bond donors (Lipinski definition) is 3. The summed E-state index contributed by atoms with van der Waals surface area (Å²) in [6.45, 7) is 24.7. The predicted molar refractivity (Wildman–Crippen MR) is 143 cm³/mol. The minimum atomic E-state index is -6.02. The fraction of sp³-hybridized carbons (Fsp3) is 0.571. The van der Waals surface area contributed by atoms with E-state index in [1.165, 1.54) is 0 Å². The summed E-state index contributed by atoms with van der Waals surface area (Å²) in [6.07, 6.45) is 0. The molecule has 0 saturated carbocycles. The van der Waals surface area contributed by atoms with Gasteiger partial charge in [0.2, 0.25) is 0 Å². The maximum absolute atomic E-state index is 10.9. The molecule has 6 heteroatoms. The van der Waals surface area contributed by atoms with Gasteiger partial charge in [-0.05, 0) is 0 Å². The molecule has 3 N–H and O–H groups in total. The quantitative estimate of drug-likeness (QED) is 0.387. The summed E-state index contributed by atoms with van der Waals surface area (Å²) >= 11 is 0. The zero-order valence-electron chi connectivity index (χ0n) is 23.1. The molecule has 0 amide bonds. The van der Waals surface area contributed by atoms with E-state index in [4.69, 9.17) is 9.05 Å². The topological polar surface area (TPSA) is 79.2 Å². The van der Waals surface area contributed by atoms with E-state index in [-0.39, 0.29) is 33.2 Å². The van der Waals surface area contributed by atoms with Gasteiger partial charge in [-0.2, -0.15) is 0 Å². The van der Waals surface area contributed by atoms with Crippen LogP contribution >= 0.6 is 7.74 Å². The van der Waals surface area contributed by atoms with Crippen LogP contribution < -0.4 is 9.05 Å². The van der Waals surface area contributed by atoms with Crippen molar-refractivity contribution in [3.63, 3.8) is 0 Å². The fourth-order valence-corrected chi connectivity index (χ4v) is 4.73. The molecule has 0 bridgehead atoms. The van der Waals surface area contributed by atoms with Gasteiger partial charge in [-0.3, -0.25) is 0 Å². The second-order valence-electron chi connectivity index (χ2n) is 13.4. The van der Waals surface area contributed by atoms with Gasteiger partial charge >= 0.3 is 206 Å². The van der Waals surface area contributed by atoms with Gasteiger partial charge in [0, 0.05) is 0 Å². The predicted octanol–water partition coefficient (Wildman–Crippen LogP) is 7.44. The van der Waals surface area contributed by atoms with Crippen LogP contribution in [-0.2, 0) is 21.7 Å². The standard InChI is InChI=1S/C28H45O5P/c1-25(2,3)19-13-15-23(21(17-19)27(7,8)9)32-34(29,30,31)33-24-16-14-20(26(4,5)6)18-22(24)28(10,11)12/h13-18,29-31H,1-12H3. The van der Waals surface area contributed by atoms with Crippen LogP contribution in [0.5, 0.6) is 11.5 Å². The van der Waals surface area contributed by atoms with Crippen LogP contribution in [0.2, 0.25) is 0 Å². The molecule has 0 saturated heterocycles. The van der Waals surface area contributed by atoms with Crippen molar-refractivity contribution in [1.29, 1.82) is 0 Å². The van der Waals surface area contributed by atoms with E-state index < -0.39 is 7.74 Å². The van der Waals surface area contributed by atoms with E-state index in [0.717, 1.165) is 22.3 Å². The first-order chi connectivity index (χ1) is 14.9. The van der Waals surface area contributed by atoms with Gasteiger partial charge in [-0.25, -0.2) is 0 Å². The molecule has 34 heavy (non-hydrogen) atoms. The normalized spacial score (nSPS) is 15.0. The van der Waals surface area contributed by atoms with E-state index in [1.807, 2.05) is 65.8 Å². The third-order valence-electron chi connectivity index (χ3n) is 5.82. The summed E-state index contributed by atoms with van der Waals surface area (Å²) < 4.78 is 11.1. The Morgan fingerprint density at radius 3 is 1.03 bits per heavy atom. The van der Waals surface area contributed by atoms with Gasteiger partial charge < -0.3 is 0 Å². The van der Waals surface area contributed by atoms with E-state index in [2.05, 4.69) is 41.5 Å². The Hall–Kier alpha value is -1.65. The molecule has 0 aliphatic heterocycles. The van der Waals surface area contributed by atoms with E-state index in [0.29, 0.717) is 0 Å². The summed E-state index contributed by atoms with van der Waals surface area (Å²) in [6, 6.07) is 11.1. The third-order valence-corrected chi connectivity index (χ3v) is 6.86. The van der Waals surface area contributed by atoms with Crippen LogP contribution in [0, 0.1) is 0 Å². The first kappa shape index (κ1) is 28.6. The van der Waals surface area contributed by atoms with Gasteiger partial charge in [0.15, 0.2) is 0 Å². The number of rotatable bonds is 4. The molecule has 0 heterocycles. The molecule has 0 aliphatic carbocycles. The molecule has 0 fully saturated rings. The van der Waals surface area contributed by atoms with Crippen molar-refractivity contribution in [2.75, 3.05) is 0 Å². The van der Waals surface area contributed by atoms with Crippen molar-refractivity contribution >= 4 is 7.74 Å². The summed E-state index contributed by atoms with van der Waals surface area (Å²) in [5.41, 5.74) is 2.69. The van der Waals surface area contributed by atoms with Crippen LogP contribution in [0.25, 0.3) is 0 Å². The van der Waals surface area contributed by atoms with Gasteiger partial charge in [0.05, 0.1) is 0 Å². The van der Waals surface area contributed by atoms with Crippen molar-refractivity contribution in [2.45, 2.75) is 105 Å². The van der Waals surface area contributed by atoms with Gasteiger partial charge in [0.1, 0.15) is 0 Å². The van der Waals surface area contributed by atoms with Crippen LogP contribution in [0.3, 0.4) is 0 Å². The average molecular weight is 493 g/mol. The minimum absolute atomic E-state index is 0.103. The second kappa shape index (κ2) is 8.48. The molecular weight excluding hydrogens is 447 g/mol. The van der Waals surface area contributed by atoms with E-state index in [1.54, 1.807) is 12.1 Å². The Morgan fingerprint density at radius 1 is 0.500 bits per heavy atom. The Labute approximate surface area is 206 Å². The molecule has 0 aliphatic rings. The molecule has 2 rings (SSSR count). The SMILES string of the molecule is CC(C)(C)c1ccc(OP(O)(O)(O)Oc2ccc(C(C)(C)C)cc2C(C)(C)C)c(C(C)(C)C)c1. The Bertz CT molecular complexity index is 955. The number of hydrogen-bond acceptors (Lipinski definition) is 5. The molecule has 0 unspecified atom stereocenters. The third kappa shape index (κ3) is 7.18.